The third kappa shape index (κ3) is 3.17. The van der Waals surface area contributed by atoms with E-state index in [9.17, 15) is 4.39 Å². The zero-order valence-corrected chi connectivity index (χ0v) is 13.4. The SMILES string of the molecule is CC1(C)OB(C(=Cc2ccc(NN)c(F)c2)CN)OC1(C)C. The average Bonchev–Trinajstić information content (AvgIpc) is 2.65. The zero-order chi connectivity index (χ0) is 16.5. The zero-order valence-electron chi connectivity index (χ0n) is 13.4. The van der Waals surface area contributed by atoms with E-state index in [2.05, 4.69) is 5.43 Å². The molecule has 120 valence electrons. The van der Waals surface area contributed by atoms with Gasteiger partial charge in [-0.1, -0.05) is 12.1 Å². The number of halogens is 1. The highest BCUT2D eigenvalue weighted by atomic mass is 19.1. The Morgan fingerprint density at radius 3 is 2.32 bits per heavy atom. The van der Waals surface area contributed by atoms with Crippen molar-refractivity contribution in [2.75, 3.05) is 12.0 Å². The lowest BCUT2D eigenvalue weighted by atomic mass is 9.77. The Morgan fingerprint density at radius 1 is 1.27 bits per heavy atom. The molecule has 5 N–H and O–H groups in total. The van der Waals surface area contributed by atoms with Crippen molar-refractivity contribution in [2.45, 2.75) is 38.9 Å². The van der Waals surface area contributed by atoms with Crippen LogP contribution in [0.4, 0.5) is 10.1 Å². The molecule has 1 heterocycles. The van der Waals surface area contributed by atoms with Gasteiger partial charge in [-0.3, -0.25) is 5.84 Å². The highest BCUT2D eigenvalue weighted by Crippen LogP contribution is 2.38. The van der Waals surface area contributed by atoms with Gasteiger partial charge in [0.1, 0.15) is 5.82 Å². The van der Waals surface area contributed by atoms with E-state index >= 15 is 0 Å². The van der Waals surface area contributed by atoms with Crippen LogP contribution in [0.3, 0.4) is 0 Å². The van der Waals surface area contributed by atoms with Crippen LogP contribution < -0.4 is 17.0 Å². The van der Waals surface area contributed by atoms with E-state index in [1.165, 1.54) is 6.07 Å². The molecule has 22 heavy (non-hydrogen) atoms. The fourth-order valence-electron chi connectivity index (χ4n) is 2.17. The molecular weight excluding hydrogens is 284 g/mol. The molecule has 1 aromatic carbocycles. The first-order valence-corrected chi connectivity index (χ1v) is 7.22. The quantitative estimate of drug-likeness (QED) is 0.451. The van der Waals surface area contributed by atoms with Crippen LogP contribution >= 0.6 is 0 Å². The largest absolute Gasteiger partial charge is 0.491 e. The second kappa shape index (κ2) is 6.00. The number of hydrogen-bond acceptors (Lipinski definition) is 5. The first-order chi connectivity index (χ1) is 10.2. The number of benzene rings is 1. The van der Waals surface area contributed by atoms with Gasteiger partial charge in [0.2, 0.25) is 0 Å². The Kier molecular flexibility index (Phi) is 4.63. The second-order valence-electron chi connectivity index (χ2n) is 6.40. The third-order valence-electron chi connectivity index (χ3n) is 4.29. The van der Waals surface area contributed by atoms with Gasteiger partial charge in [-0.05, 0) is 50.9 Å². The van der Waals surface area contributed by atoms with Crippen LogP contribution in [0.15, 0.2) is 23.7 Å². The minimum absolute atomic E-state index is 0.238. The molecule has 7 heteroatoms. The number of hydrogen-bond donors (Lipinski definition) is 3. The van der Waals surface area contributed by atoms with Crippen LogP contribution in [0, 0.1) is 5.82 Å². The highest BCUT2D eigenvalue weighted by molar-refractivity contribution is 6.55. The maximum Gasteiger partial charge on any atom is 0.491 e. The van der Waals surface area contributed by atoms with Crippen molar-refractivity contribution in [3.8, 4) is 0 Å². The van der Waals surface area contributed by atoms with Gasteiger partial charge >= 0.3 is 7.12 Å². The number of nitrogen functional groups attached to an aromatic ring is 1. The molecule has 0 aromatic heterocycles. The van der Waals surface area contributed by atoms with Crippen molar-refractivity contribution < 1.29 is 13.7 Å². The van der Waals surface area contributed by atoms with Gasteiger partial charge in [-0.25, -0.2) is 4.39 Å². The van der Waals surface area contributed by atoms with Crippen LogP contribution in [0.1, 0.15) is 33.3 Å². The van der Waals surface area contributed by atoms with Crippen LogP contribution in [-0.2, 0) is 9.31 Å². The van der Waals surface area contributed by atoms with E-state index in [4.69, 9.17) is 20.9 Å². The molecule has 0 radical (unpaired) electrons. The maximum atomic E-state index is 13.8. The first kappa shape index (κ1) is 17.0. The summed E-state index contributed by atoms with van der Waals surface area (Å²) in [6.45, 7) is 8.16. The van der Waals surface area contributed by atoms with Crippen molar-refractivity contribution in [3.63, 3.8) is 0 Å². The van der Waals surface area contributed by atoms with Gasteiger partial charge in [0, 0.05) is 6.54 Å². The van der Waals surface area contributed by atoms with E-state index in [-0.39, 0.29) is 12.2 Å². The highest BCUT2D eigenvalue weighted by Gasteiger charge is 2.52. The lowest BCUT2D eigenvalue weighted by Gasteiger charge is -2.32. The summed E-state index contributed by atoms with van der Waals surface area (Å²) >= 11 is 0. The molecule has 1 aliphatic rings. The predicted octanol–water partition coefficient (Wildman–Crippen LogP) is 2.08. The molecule has 0 atom stereocenters. The third-order valence-corrected chi connectivity index (χ3v) is 4.29. The van der Waals surface area contributed by atoms with Crippen molar-refractivity contribution in [1.82, 2.24) is 0 Å². The summed E-state index contributed by atoms with van der Waals surface area (Å²) in [4.78, 5) is 0. The van der Waals surface area contributed by atoms with E-state index in [1.54, 1.807) is 18.2 Å². The van der Waals surface area contributed by atoms with Crippen molar-refractivity contribution >= 4 is 18.9 Å². The second-order valence-corrected chi connectivity index (χ2v) is 6.40. The van der Waals surface area contributed by atoms with Crippen LogP contribution in [-0.4, -0.2) is 24.9 Å². The van der Waals surface area contributed by atoms with Gasteiger partial charge < -0.3 is 20.5 Å². The molecule has 1 fully saturated rings. The molecule has 0 unspecified atom stereocenters. The Hall–Kier alpha value is -1.41. The summed E-state index contributed by atoms with van der Waals surface area (Å²) in [5, 5.41) is 0. The number of nitrogens with one attached hydrogen (secondary N) is 1. The minimum Gasteiger partial charge on any atom is -0.400 e. The number of nitrogens with two attached hydrogens (primary N) is 2. The van der Waals surface area contributed by atoms with E-state index in [1.807, 2.05) is 27.7 Å². The Balaban J connectivity index is 2.27. The van der Waals surface area contributed by atoms with Gasteiger partial charge in [0.05, 0.1) is 16.9 Å². The number of hydrazine groups is 1. The van der Waals surface area contributed by atoms with E-state index in [0.717, 1.165) is 5.47 Å². The van der Waals surface area contributed by atoms with Gasteiger partial charge in [0.25, 0.3) is 0 Å². The van der Waals surface area contributed by atoms with Gasteiger partial charge in [0.15, 0.2) is 0 Å². The van der Waals surface area contributed by atoms with E-state index < -0.39 is 24.1 Å². The summed E-state index contributed by atoms with van der Waals surface area (Å²) < 4.78 is 25.7. The lowest BCUT2D eigenvalue weighted by Crippen LogP contribution is -2.41. The Bertz CT molecular complexity index is 574. The standard InChI is InChI=1S/C15H23BFN3O2/c1-14(2)15(3,4)22-16(21-14)11(9-18)7-10-5-6-13(20-19)12(17)8-10/h5-8,20H,9,18-19H2,1-4H3. The summed E-state index contributed by atoms with van der Waals surface area (Å²) in [5.74, 6) is 4.79. The molecule has 5 nitrogen and oxygen atoms in total. The minimum atomic E-state index is -0.537. The van der Waals surface area contributed by atoms with Crippen molar-refractivity contribution in [3.05, 3.63) is 35.1 Å². The molecule has 2 rings (SSSR count). The van der Waals surface area contributed by atoms with Crippen molar-refractivity contribution in [1.29, 1.82) is 0 Å². The fourth-order valence-corrected chi connectivity index (χ4v) is 2.17. The molecule has 1 aliphatic heterocycles. The topological polar surface area (TPSA) is 82.5 Å². The molecule has 1 aromatic rings. The van der Waals surface area contributed by atoms with Crippen LogP contribution in [0.2, 0.25) is 0 Å². The fraction of sp³-hybridized carbons (Fsp3) is 0.467. The monoisotopic (exact) mass is 307 g/mol. The molecule has 1 saturated heterocycles. The summed E-state index contributed by atoms with van der Waals surface area (Å²) in [5.41, 5.74) is 8.90. The predicted molar refractivity (Wildman–Crippen MR) is 87.3 cm³/mol. The molecule has 0 aliphatic carbocycles. The number of anilines is 1. The average molecular weight is 307 g/mol. The normalized spacial score (nSPS) is 20.3. The van der Waals surface area contributed by atoms with Crippen LogP contribution in [0.25, 0.3) is 6.08 Å². The number of rotatable bonds is 4. The molecule has 0 spiro atoms. The summed E-state index contributed by atoms with van der Waals surface area (Å²) in [6.07, 6.45) is 1.78. The van der Waals surface area contributed by atoms with Crippen molar-refractivity contribution in [2.24, 2.45) is 11.6 Å². The maximum absolute atomic E-state index is 13.8. The molecule has 0 bridgehead atoms. The van der Waals surface area contributed by atoms with E-state index in [0.29, 0.717) is 5.56 Å². The van der Waals surface area contributed by atoms with Gasteiger partial charge in [-0.2, -0.15) is 0 Å². The Morgan fingerprint density at radius 2 is 1.86 bits per heavy atom. The smallest absolute Gasteiger partial charge is 0.400 e. The Labute approximate surface area is 131 Å². The summed E-state index contributed by atoms with van der Waals surface area (Å²) in [6, 6.07) is 4.70. The molecule has 0 saturated carbocycles. The summed E-state index contributed by atoms with van der Waals surface area (Å²) in [7, 11) is -0.537. The molecular formula is C15H23BFN3O2. The first-order valence-electron chi connectivity index (χ1n) is 7.22. The molecule has 0 amide bonds. The van der Waals surface area contributed by atoms with Gasteiger partial charge in [-0.15, -0.1) is 0 Å². The van der Waals surface area contributed by atoms with Crippen LogP contribution in [0.5, 0.6) is 0 Å². The lowest BCUT2D eigenvalue weighted by molar-refractivity contribution is 0.00578.